The van der Waals surface area contributed by atoms with Gasteiger partial charge in [-0.05, 0) is 72.5 Å². The number of carbonyl (C=O) groups is 1. The van der Waals surface area contributed by atoms with E-state index in [0.29, 0.717) is 17.6 Å². The molecular weight excluding hydrogens is 288 g/mol. The van der Waals surface area contributed by atoms with Crippen molar-refractivity contribution in [1.29, 1.82) is 0 Å². The summed E-state index contributed by atoms with van der Waals surface area (Å²) in [4.78, 5) is 12.5. The normalized spacial score (nSPS) is 54.5. The van der Waals surface area contributed by atoms with E-state index in [1.54, 1.807) is 0 Å². The van der Waals surface area contributed by atoms with Crippen molar-refractivity contribution < 1.29 is 15.0 Å². The average molecular weight is 320 g/mol. The van der Waals surface area contributed by atoms with E-state index >= 15 is 0 Å². The Balaban J connectivity index is 1.74. The van der Waals surface area contributed by atoms with Crippen molar-refractivity contribution >= 4 is 5.78 Å². The van der Waals surface area contributed by atoms with Crippen molar-refractivity contribution in [3.63, 3.8) is 0 Å². The molecule has 6 atom stereocenters. The number of rotatable bonds is 1. The van der Waals surface area contributed by atoms with Gasteiger partial charge >= 0.3 is 0 Å². The lowest BCUT2D eigenvalue weighted by Gasteiger charge is -2.63. The summed E-state index contributed by atoms with van der Waals surface area (Å²) in [5, 5.41) is 20.7. The second-order valence-electron chi connectivity index (χ2n) is 10.3. The van der Waals surface area contributed by atoms with Crippen molar-refractivity contribution in [3.8, 4) is 0 Å². The van der Waals surface area contributed by atoms with E-state index < -0.39 is 5.60 Å². The van der Waals surface area contributed by atoms with Gasteiger partial charge in [-0.3, -0.25) is 4.79 Å². The number of aliphatic hydroxyl groups excluding tert-OH is 1. The topological polar surface area (TPSA) is 57.5 Å². The van der Waals surface area contributed by atoms with Crippen LogP contribution >= 0.6 is 0 Å². The Kier molecular flexibility index (Phi) is 3.22. The van der Waals surface area contributed by atoms with Crippen LogP contribution in [-0.2, 0) is 4.79 Å². The molecule has 1 spiro atoms. The lowest BCUT2D eigenvalue weighted by Crippen LogP contribution is -2.57. The maximum atomic E-state index is 12.5. The van der Waals surface area contributed by atoms with E-state index in [0.717, 1.165) is 38.5 Å². The fraction of sp³-hybridized carbons (Fsp3) is 0.950. The Labute approximate surface area is 139 Å². The van der Waals surface area contributed by atoms with E-state index in [9.17, 15) is 15.0 Å². The molecule has 0 radical (unpaired) electrons. The van der Waals surface area contributed by atoms with E-state index in [1.807, 2.05) is 0 Å². The molecule has 2 bridgehead atoms. The lowest BCUT2D eigenvalue weighted by atomic mass is 9.41. The van der Waals surface area contributed by atoms with Gasteiger partial charge in [-0.15, -0.1) is 0 Å². The van der Waals surface area contributed by atoms with Crippen LogP contribution in [-0.4, -0.2) is 28.2 Å². The number of hydrogen-bond acceptors (Lipinski definition) is 3. The molecular formula is C20H32O3. The summed E-state index contributed by atoms with van der Waals surface area (Å²) in [5.74, 6) is 1.84. The average Bonchev–Trinajstić information content (AvgIpc) is 2.64. The Morgan fingerprint density at radius 3 is 2.52 bits per heavy atom. The SMILES string of the molecule is CC1(C)CC(=O)CC2(C)C1CCC13CC(CCC12)C(O)(CO)C3. The first-order valence-electron chi connectivity index (χ1n) is 9.50. The highest BCUT2D eigenvalue weighted by Gasteiger charge is 2.67. The third-order valence-corrected chi connectivity index (χ3v) is 8.59. The van der Waals surface area contributed by atoms with Crippen LogP contribution in [0.25, 0.3) is 0 Å². The highest BCUT2D eigenvalue weighted by molar-refractivity contribution is 5.81. The van der Waals surface area contributed by atoms with Gasteiger partial charge in [-0.2, -0.15) is 0 Å². The highest BCUT2D eigenvalue weighted by Crippen LogP contribution is 2.72. The summed E-state index contributed by atoms with van der Waals surface area (Å²) < 4.78 is 0. The third kappa shape index (κ3) is 1.99. The number of aliphatic hydroxyl groups is 2. The largest absolute Gasteiger partial charge is 0.393 e. The van der Waals surface area contributed by atoms with E-state index in [4.69, 9.17) is 0 Å². The summed E-state index contributed by atoms with van der Waals surface area (Å²) in [6.45, 7) is 6.85. The van der Waals surface area contributed by atoms with Crippen molar-refractivity contribution in [2.75, 3.05) is 6.61 Å². The van der Waals surface area contributed by atoms with Gasteiger partial charge in [0.2, 0.25) is 0 Å². The zero-order valence-electron chi connectivity index (χ0n) is 14.9. The van der Waals surface area contributed by atoms with Crippen LogP contribution in [0, 0.1) is 34.0 Å². The highest BCUT2D eigenvalue weighted by atomic mass is 16.3. The zero-order valence-corrected chi connectivity index (χ0v) is 14.9. The molecule has 6 unspecified atom stereocenters. The summed E-state index contributed by atoms with van der Waals surface area (Å²) in [6.07, 6.45) is 7.78. The van der Waals surface area contributed by atoms with Crippen molar-refractivity contribution in [3.05, 3.63) is 0 Å². The second kappa shape index (κ2) is 4.60. The quantitative estimate of drug-likeness (QED) is 0.779. The van der Waals surface area contributed by atoms with Gasteiger partial charge in [0.1, 0.15) is 5.78 Å². The Morgan fingerprint density at radius 1 is 1.09 bits per heavy atom. The van der Waals surface area contributed by atoms with Crippen LogP contribution in [0.4, 0.5) is 0 Å². The number of ketones is 1. The van der Waals surface area contributed by atoms with Gasteiger partial charge in [0.15, 0.2) is 0 Å². The van der Waals surface area contributed by atoms with Crippen molar-refractivity contribution in [2.24, 2.45) is 34.0 Å². The maximum absolute atomic E-state index is 12.5. The smallest absolute Gasteiger partial charge is 0.134 e. The molecule has 0 aromatic carbocycles. The van der Waals surface area contributed by atoms with Gasteiger partial charge < -0.3 is 10.2 Å². The molecule has 4 rings (SSSR count). The van der Waals surface area contributed by atoms with Gasteiger partial charge in [0.05, 0.1) is 12.2 Å². The second-order valence-corrected chi connectivity index (χ2v) is 10.3. The molecule has 0 aromatic heterocycles. The summed E-state index contributed by atoms with van der Waals surface area (Å²) in [5.41, 5.74) is -0.511. The minimum absolute atomic E-state index is 0.0861. The van der Waals surface area contributed by atoms with Gasteiger partial charge in [0.25, 0.3) is 0 Å². The molecule has 23 heavy (non-hydrogen) atoms. The standard InChI is InChI=1S/C20H32O3/c1-17(2)9-14(22)10-18(3)15(17)6-7-19-8-13(4-5-16(18)19)20(23,11-19)12-21/h13,15-16,21,23H,4-12H2,1-3H3. The van der Waals surface area contributed by atoms with Gasteiger partial charge in [0, 0.05) is 12.8 Å². The molecule has 2 N–H and O–H groups in total. The first-order valence-corrected chi connectivity index (χ1v) is 9.50. The summed E-state index contributed by atoms with van der Waals surface area (Å²) >= 11 is 0. The van der Waals surface area contributed by atoms with Crippen LogP contribution in [0.2, 0.25) is 0 Å². The van der Waals surface area contributed by atoms with Gasteiger partial charge in [-0.1, -0.05) is 20.8 Å². The molecule has 130 valence electrons. The Morgan fingerprint density at radius 2 is 1.83 bits per heavy atom. The predicted octanol–water partition coefficient (Wildman–Crippen LogP) is 3.32. The predicted molar refractivity (Wildman–Crippen MR) is 88.8 cm³/mol. The van der Waals surface area contributed by atoms with E-state index in [-0.39, 0.29) is 28.8 Å². The number of hydrogen-bond donors (Lipinski definition) is 2. The maximum Gasteiger partial charge on any atom is 0.134 e. The molecule has 3 heteroatoms. The summed E-state index contributed by atoms with van der Waals surface area (Å²) in [7, 11) is 0. The van der Waals surface area contributed by atoms with Crippen molar-refractivity contribution in [1.82, 2.24) is 0 Å². The van der Waals surface area contributed by atoms with E-state index in [2.05, 4.69) is 20.8 Å². The molecule has 4 fully saturated rings. The van der Waals surface area contributed by atoms with E-state index in [1.165, 1.54) is 12.8 Å². The van der Waals surface area contributed by atoms with Crippen LogP contribution in [0.3, 0.4) is 0 Å². The van der Waals surface area contributed by atoms with Crippen molar-refractivity contribution in [2.45, 2.75) is 77.7 Å². The number of fused-ring (bicyclic) bond motifs is 3. The number of Topliss-reactive ketones (excluding diaryl/α,β-unsaturated/α-hetero) is 1. The zero-order chi connectivity index (χ0) is 16.7. The molecule has 0 heterocycles. The first-order chi connectivity index (χ1) is 10.7. The fourth-order valence-electron chi connectivity index (χ4n) is 8.05. The molecule has 4 aliphatic carbocycles. The Bertz CT molecular complexity index is 541. The Hall–Kier alpha value is -0.410. The van der Waals surface area contributed by atoms with Crippen LogP contribution < -0.4 is 0 Å². The lowest BCUT2D eigenvalue weighted by molar-refractivity contribution is -0.161. The van der Waals surface area contributed by atoms with Crippen LogP contribution in [0.5, 0.6) is 0 Å². The molecule has 0 aromatic rings. The fourth-order valence-corrected chi connectivity index (χ4v) is 8.05. The first kappa shape index (κ1) is 16.1. The monoisotopic (exact) mass is 320 g/mol. The van der Waals surface area contributed by atoms with Crippen LogP contribution in [0.15, 0.2) is 0 Å². The molecule has 0 aliphatic heterocycles. The molecule has 0 amide bonds. The minimum Gasteiger partial charge on any atom is -0.393 e. The molecule has 3 nitrogen and oxygen atoms in total. The third-order valence-electron chi connectivity index (χ3n) is 8.59. The number of carbonyl (C=O) groups excluding carboxylic acids is 1. The summed E-state index contributed by atoms with van der Waals surface area (Å²) in [6, 6.07) is 0. The van der Waals surface area contributed by atoms with Crippen LogP contribution in [0.1, 0.15) is 72.1 Å². The van der Waals surface area contributed by atoms with Gasteiger partial charge in [-0.25, -0.2) is 0 Å². The molecule has 4 saturated carbocycles. The minimum atomic E-state index is -0.869. The molecule has 4 aliphatic rings. The molecule has 0 saturated heterocycles.